The molecule has 7 heteroatoms. The van der Waals surface area contributed by atoms with E-state index in [0.717, 1.165) is 54.3 Å². The Morgan fingerprint density at radius 1 is 1.03 bits per heavy atom. The highest BCUT2D eigenvalue weighted by atomic mass is 79.9. The standard InChI is InChI=1S/C25H28BrN3O3/c1-30-23-15-20(14-22(26)24(23)32-18-19-6-3-2-4-7-19)16-27-17-21-8-5-9-28-25(21)29-10-12-31-13-11-29/h2-9,14-15,27H,10-13,16-18H2,1H3. The van der Waals surface area contributed by atoms with Crippen LogP contribution >= 0.6 is 15.9 Å². The average molecular weight is 498 g/mol. The topological polar surface area (TPSA) is 55.9 Å². The van der Waals surface area contributed by atoms with Gasteiger partial charge in [0.15, 0.2) is 11.5 Å². The quantitative estimate of drug-likeness (QED) is 0.467. The molecule has 168 valence electrons. The molecule has 6 nitrogen and oxygen atoms in total. The molecule has 1 aromatic heterocycles. The normalized spacial score (nSPS) is 13.8. The van der Waals surface area contributed by atoms with Crippen molar-refractivity contribution < 1.29 is 14.2 Å². The number of anilines is 1. The number of morpholine rings is 1. The van der Waals surface area contributed by atoms with Gasteiger partial charge in [-0.15, -0.1) is 0 Å². The van der Waals surface area contributed by atoms with Gasteiger partial charge in [-0.2, -0.15) is 0 Å². The highest BCUT2D eigenvalue weighted by Gasteiger charge is 2.16. The number of ether oxygens (including phenoxy) is 3. The number of nitrogens with one attached hydrogen (secondary N) is 1. The number of pyridine rings is 1. The molecule has 1 aliphatic rings. The van der Waals surface area contributed by atoms with Crippen molar-refractivity contribution in [3.05, 3.63) is 82.0 Å². The molecular formula is C25H28BrN3O3. The molecule has 0 bridgehead atoms. The van der Waals surface area contributed by atoms with E-state index in [4.69, 9.17) is 14.2 Å². The van der Waals surface area contributed by atoms with Crippen LogP contribution in [0.5, 0.6) is 11.5 Å². The number of benzene rings is 2. The fraction of sp³-hybridized carbons (Fsp3) is 0.320. The Labute approximate surface area is 197 Å². The van der Waals surface area contributed by atoms with E-state index in [0.29, 0.717) is 24.7 Å². The predicted octanol–water partition coefficient (Wildman–Crippen LogP) is 4.56. The summed E-state index contributed by atoms with van der Waals surface area (Å²) in [4.78, 5) is 6.90. The molecule has 1 aliphatic heterocycles. The molecule has 0 atom stereocenters. The second kappa shape index (κ2) is 11.3. The molecule has 0 unspecified atom stereocenters. The highest BCUT2D eigenvalue weighted by molar-refractivity contribution is 9.10. The molecule has 1 fully saturated rings. The van der Waals surface area contributed by atoms with Crippen LogP contribution in [0.3, 0.4) is 0 Å². The molecule has 4 rings (SSSR count). The Hall–Kier alpha value is -2.61. The van der Waals surface area contributed by atoms with E-state index < -0.39 is 0 Å². The maximum Gasteiger partial charge on any atom is 0.175 e. The van der Waals surface area contributed by atoms with E-state index in [-0.39, 0.29) is 0 Å². The van der Waals surface area contributed by atoms with Crippen LogP contribution in [0.25, 0.3) is 0 Å². The van der Waals surface area contributed by atoms with Crippen molar-refractivity contribution in [2.24, 2.45) is 0 Å². The summed E-state index contributed by atoms with van der Waals surface area (Å²) in [5.74, 6) is 2.45. The molecule has 0 amide bonds. The van der Waals surface area contributed by atoms with Gasteiger partial charge < -0.3 is 24.4 Å². The van der Waals surface area contributed by atoms with Gasteiger partial charge in [0, 0.05) is 37.9 Å². The van der Waals surface area contributed by atoms with Crippen LogP contribution in [0.1, 0.15) is 16.7 Å². The summed E-state index contributed by atoms with van der Waals surface area (Å²) < 4.78 is 18.0. The van der Waals surface area contributed by atoms with Crippen molar-refractivity contribution in [1.82, 2.24) is 10.3 Å². The average Bonchev–Trinajstić information content (AvgIpc) is 2.84. The second-order valence-electron chi connectivity index (χ2n) is 7.57. The summed E-state index contributed by atoms with van der Waals surface area (Å²) in [6.07, 6.45) is 1.85. The third-order valence-corrected chi connectivity index (χ3v) is 5.93. The fourth-order valence-electron chi connectivity index (χ4n) is 3.71. The molecule has 0 saturated carbocycles. The Kier molecular flexibility index (Phi) is 7.98. The van der Waals surface area contributed by atoms with Crippen LogP contribution in [0, 0.1) is 0 Å². The van der Waals surface area contributed by atoms with Crippen molar-refractivity contribution in [1.29, 1.82) is 0 Å². The maximum absolute atomic E-state index is 6.04. The molecule has 32 heavy (non-hydrogen) atoms. The van der Waals surface area contributed by atoms with Gasteiger partial charge in [0.05, 0.1) is 24.8 Å². The fourth-order valence-corrected chi connectivity index (χ4v) is 4.32. The summed E-state index contributed by atoms with van der Waals surface area (Å²) in [7, 11) is 1.67. The summed E-state index contributed by atoms with van der Waals surface area (Å²) in [6.45, 7) is 5.15. The zero-order valence-electron chi connectivity index (χ0n) is 18.2. The number of rotatable bonds is 9. The van der Waals surface area contributed by atoms with E-state index in [9.17, 15) is 0 Å². The monoisotopic (exact) mass is 497 g/mol. The van der Waals surface area contributed by atoms with Crippen LogP contribution in [0.15, 0.2) is 65.3 Å². The van der Waals surface area contributed by atoms with Gasteiger partial charge in [-0.1, -0.05) is 36.4 Å². The first-order valence-electron chi connectivity index (χ1n) is 10.7. The van der Waals surface area contributed by atoms with Crippen molar-refractivity contribution in [3.8, 4) is 11.5 Å². The van der Waals surface area contributed by atoms with Crippen LogP contribution in [0.2, 0.25) is 0 Å². The van der Waals surface area contributed by atoms with Gasteiger partial charge in [0.1, 0.15) is 12.4 Å². The largest absolute Gasteiger partial charge is 0.493 e. The maximum atomic E-state index is 6.04. The zero-order valence-corrected chi connectivity index (χ0v) is 19.8. The molecule has 0 spiro atoms. The third-order valence-electron chi connectivity index (χ3n) is 5.34. The summed E-state index contributed by atoms with van der Waals surface area (Å²) >= 11 is 3.65. The van der Waals surface area contributed by atoms with Crippen LogP contribution in [-0.2, 0) is 24.4 Å². The van der Waals surface area contributed by atoms with E-state index in [2.05, 4.69) is 43.3 Å². The van der Waals surface area contributed by atoms with Crippen molar-refractivity contribution in [2.45, 2.75) is 19.7 Å². The third kappa shape index (κ3) is 5.79. The Morgan fingerprint density at radius 2 is 1.84 bits per heavy atom. The smallest absolute Gasteiger partial charge is 0.175 e. The number of methoxy groups -OCH3 is 1. The Morgan fingerprint density at radius 3 is 2.62 bits per heavy atom. The van der Waals surface area contributed by atoms with Crippen molar-refractivity contribution >= 4 is 21.7 Å². The minimum atomic E-state index is 0.485. The van der Waals surface area contributed by atoms with Gasteiger partial charge in [-0.05, 0) is 45.3 Å². The molecule has 0 aliphatic carbocycles. The summed E-state index contributed by atoms with van der Waals surface area (Å²) in [6, 6.07) is 18.3. The Bertz CT molecular complexity index is 1010. The Balaban J connectivity index is 1.39. The first-order chi connectivity index (χ1) is 15.7. The van der Waals surface area contributed by atoms with E-state index in [1.54, 1.807) is 7.11 Å². The zero-order chi connectivity index (χ0) is 22.2. The first kappa shape index (κ1) is 22.6. The van der Waals surface area contributed by atoms with Crippen molar-refractivity contribution in [3.63, 3.8) is 0 Å². The number of hydrogen-bond acceptors (Lipinski definition) is 6. The van der Waals surface area contributed by atoms with Crippen molar-refractivity contribution in [2.75, 3.05) is 38.3 Å². The van der Waals surface area contributed by atoms with E-state index in [1.807, 2.05) is 48.7 Å². The van der Waals surface area contributed by atoms with Gasteiger partial charge in [-0.3, -0.25) is 0 Å². The van der Waals surface area contributed by atoms with E-state index >= 15 is 0 Å². The van der Waals surface area contributed by atoms with Crippen LogP contribution < -0.4 is 19.7 Å². The van der Waals surface area contributed by atoms with Crippen LogP contribution in [0.4, 0.5) is 5.82 Å². The SMILES string of the molecule is COc1cc(CNCc2cccnc2N2CCOCC2)cc(Br)c1OCc1ccccc1. The van der Waals surface area contributed by atoms with Gasteiger partial charge >= 0.3 is 0 Å². The molecule has 3 aromatic rings. The molecule has 0 radical (unpaired) electrons. The van der Waals surface area contributed by atoms with Crippen LogP contribution in [-0.4, -0.2) is 38.4 Å². The number of aromatic nitrogens is 1. The number of nitrogens with zero attached hydrogens (tertiary/aromatic N) is 2. The lowest BCUT2D eigenvalue weighted by atomic mass is 10.1. The highest BCUT2D eigenvalue weighted by Crippen LogP contribution is 2.37. The first-order valence-corrected chi connectivity index (χ1v) is 11.5. The number of hydrogen-bond donors (Lipinski definition) is 1. The molecule has 2 heterocycles. The predicted molar refractivity (Wildman–Crippen MR) is 129 cm³/mol. The molecule has 2 aromatic carbocycles. The number of halogens is 1. The summed E-state index contributed by atoms with van der Waals surface area (Å²) in [5.41, 5.74) is 3.40. The lowest BCUT2D eigenvalue weighted by Crippen LogP contribution is -2.37. The van der Waals surface area contributed by atoms with E-state index in [1.165, 1.54) is 5.56 Å². The summed E-state index contributed by atoms with van der Waals surface area (Å²) in [5, 5.41) is 3.54. The molecule has 1 N–H and O–H groups in total. The van der Waals surface area contributed by atoms with Gasteiger partial charge in [-0.25, -0.2) is 4.98 Å². The molecular weight excluding hydrogens is 470 g/mol. The van der Waals surface area contributed by atoms with Gasteiger partial charge in [0.25, 0.3) is 0 Å². The van der Waals surface area contributed by atoms with Gasteiger partial charge in [0.2, 0.25) is 0 Å². The molecule has 1 saturated heterocycles. The second-order valence-corrected chi connectivity index (χ2v) is 8.43. The minimum absolute atomic E-state index is 0.485. The lowest BCUT2D eigenvalue weighted by molar-refractivity contribution is 0.122. The minimum Gasteiger partial charge on any atom is -0.493 e. The lowest BCUT2D eigenvalue weighted by Gasteiger charge is -2.29.